The third-order valence-corrected chi connectivity index (χ3v) is 4.19. The first-order valence-electron chi connectivity index (χ1n) is 7.02. The summed E-state index contributed by atoms with van der Waals surface area (Å²) in [6.07, 6.45) is 3.06. The van der Waals surface area contributed by atoms with Gasteiger partial charge in [0.05, 0.1) is 11.3 Å². The zero-order chi connectivity index (χ0) is 16.5. The Morgan fingerprint density at radius 2 is 2.04 bits per heavy atom. The standard InChI is InChI=1S/C16H10FN5OS/c17-12-5-3-10(4-6-12)13-9-24-16-20-15(21-22(13)16)19-14(23)11-2-1-7-18-8-11/h1-9H,(H,19,21,23). The van der Waals surface area contributed by atoms with Crippen molar-refractivity contribution >= 4 is 28.2 Å². The Labute approximate surface area is 139 Å². The lowest BCUT2D eigenvalue weighted by Gasteiger charge is -2.00. The minimum absolute atomic E-state index is 0.207. The molecule has 0 aliphatic rings. The van der Waals surface area contributed by atoms with Gasteiger partial charge < -0.3 is 0 Å². The van der Waals surface area contributed by atoms with Gasteiger partial charge >= 0.3 is 0 Å². The first-order valence-corrected chi connectivity index (χ1v) is 7.90. The molecule has 8 heteroatoms. The minimum Gasteiger partial charge on any atom is -0.289 e. The first kappa shape index (κ1) is 14.5. The summed E-state index contributed by atoms with van der Waals surface area (Å²) in [7, 11) is 0. The van der Waals surface area contributed by atoms with Gasteiger partial charge in [-0.3, -0.25) is 15.1 Å². The number of hydrogen-bond acceptors (Lipinski definition) is 5. The predicted molar refractivity (Wildman–Crippen MR) is 88.4 cm³/mol. The largest absolute Gasteiger partial charge is 0.289 e. The van der Waals surface area contributed by atoms with Crippen molar-refractivity contribution in [2.75, 3.05) is 5.32 Å². The first-order chi connectivity index (χ1) is 11.7. The fourth-order valence-corrected chi connectivity index (χ4v) is 3.06. The Kier molecular flexibility index (Phi) is 3.51. The molecule has 0 atom stereocenters. The summed E-state index contributed by atoms with van der Waals surface area (Å²) in [5.41, 5.74) is 2.02. The highest BCUT2D eigenvalue weighted by atomic mass is 32.1. The summed E-state index contributed by atoms with van der Waals surface area (Å²) in [4.78, 5) is 21.0. The van der Waals surface area contributed by atoms with E-state index in [0.717, 1.165) is 11.3 Å². The van der Waals surface area contributed by atoms with Crippen LogP contribution in [0.15, 0.2) is 54.2 Å². The Bertz CT molecular complexity index is 1010. The van der Waals surface area contributed by atoms with Gasteiger partial charge in [0.25, 0.3) is 11.9 Å². The van der Waals surface area contributed by atoms with Gasteiger partial charge in [0, 0.05) is 23.3 Å². The molecular formula is C16H10FN5OS. The summed E-state index contributed by atoms with van der Waals surface area (Å²) in [5, 5.41) is 8.84. The fourth-order valence-electron chi connectivity index (χ4n) is 2.22. The van der Waals surface area contributed by atoms with Crippen molar-refractivity contribution in [2.24, 2.45) is 0 Å². The van der Waals surface area contributed by atoms with E-state index in [2.05, 4.69) is 20.4 Å². The number of nitrogens with zero attached hydrogens (tertiary/aromatic N) is 4. The molecule has 1 aromatic carbocycles. The van der Waals surface area contributed by atoms with Crippen LogP contribution in [0.2, 0.25) is 0 Å². The van der Waals surface area contributed by atoms with E-state index in [0.29, 0.717) is 10.5 Å². The molecule has 0 unspecified atom stereocenters. The van der Waals surface area contributed by atoms with Gasteiger partial charge in [-0.15, -0.1) is 16.4 Å². The zero-order valence-corrected chi connectivity index (χ0v) is 13.0. The molecule has 0 aliphatic carbocycles. The number of fused-ring (bicyclic) bond motifs is 1. The average molecular weight is 339 g/mol. The Balaban J connectivity index is 1.65. The van der Waals surface area contributed by atoms with Crippen LogP contribution in [-0.2, 0) is 0 Å². The lowest BCUT2D eigenvalue weighted by molar-refractivity contribution is 0.102. The van der Waals surface area contributed by atoms with Crippen molar-refractivity contribution < 1.29 is 9.18 Å². The number of nitrogens with one attached hydrogen (secondary N) is 1. The van der Waals surface area contributed by atoms with Crippen molar-refractivity contribution in [2.45, 2.75) is 0 Å². The Morgan fingerprint density at radius 3 is 2.79 bits per heavy atom. The third-order valence-electron chi connectivity index (χ3n) is 3.37. The average Bonchev–Trinajstić information content (AvgIpc) is 3.16. The molecular weight excluding hydrogens is 329 g/mol. The van der Waals surface area contributed by atoms with Crippen LogP contribution < -0.4 is 5.32 Å². The molecule has 0 saturated heterocycles. The number of thiazole rings is 1. The maximum atomic E-state index is 13.1. The molecule has 0 saturated carbocycles. The Morgan fingerprint density at radius 1 is 1.21 bits per heavy atom. The molecule has 0 bridgehead atoms. The number of amides is 1. The van der Waals surface area contributed by atoms with E-state index in [1.54, 1.807) is 35.0 Å². The molecule has 6 nitrogen and oxygen atoms in total. The van der Waals surface area contributed by atoms with E-state index >= 15 is 0 Å². The van der Waals surface area contributed by atoms with Crippen molar-refractivity contribution in [3.8, 4) is 11.3 Å². The van der Waals surface area contributed by atoms with Crippen LogP contribution in [0.3, 0.4) is 0 Å². The molecule has 3 heterocycles. The van der Waals surface area contributed by atoms with E-state index in [-0.39, 0.29) is 17.7 Å². The number of anilines is 1. The number of carbonyl (C=O) groups is 1. The van der Waals surface area contributed by atoms with Crippen molar-refractivity contribution in [3.63, 3.8) is 0 Å². The van der Waals surface area contributed by atoms with Gasteiger partial charge in [0.15, 0.2) is 0 Å². The minimum atomic E-state index is -0.329. The molecule has 0 radical (unpaired) electrons. The molecule has 4 aromatic rings. The number of pyridine rings is 1. The van der Waals surface area contributed by atoms with Gasteiger partial charge in [-0.25, -0.2) is 8.91 Å². The molecule has 0 fully saturated rings. The monoisotopic (exact) mass is 339 g/mol. The van der Waals surface area contributed by atoms with Crippen LogP contribution in [0.1, 0.15) is 10.4 Å². The van der Waals surface area contributed by atoms with Gasteiger partial charge in [-0.05, 0) is 36.4 Å². The van der Waals surface area contributed by atoms with E-state index in [9.17, 15) is 9.18 Å². The fraction of sp³-hybridized carbons (Fsp3) is 0. The molecule has 1 amide bonds. The van der Waals surface area contributed by atoms with Gasteiger partial charge in [0.2, 0.25) is 4.96 Å². The number of benzene rings is 1. The number of rotatable bonds is 3. The lowest BCUT2D eigenvalue weighted by Crippen LogP contribution is -2.13. The predicted octanol–water partition coefficient (Wildman–Crippen LogP) is 3.24. The Hall–Kier alpha value is -3.13. The van der Waals surface area contributed by atoms with Crippen molar-refractivity contribution in [1.29, 1.82) is 0 Å². The van der Waals surface area contributed by atoms with Crippen LogP contribution in [-0.4, -0.2) is 25.5 Å². The smallest absolute Gasteiger partial charge is 0.259 e. The van der Waals surface area contributed by atoms with Crippen LogP contribution in [0.4, 0.5) is 10.3 Å². The summed E-state index contributed by atoms with van der Waals surface area (Å²) in [5.74, 6) is -0.419. The topological polar surface area (TPSA) is 72.2 Å². The summed E-state index contributed by atoms with van der Waals surface area (Å²) >= 11 is 1.39. The molecule has 0 spiro atoms. The summed E-state index contributed by atoms with van der Waals surface area (Å²) < 4.78 is 14.7. The van der Waals surface area contributed by atoms with E-state index in [1.807, 2.05) is 5.38 Å². The van der Waals surface area contributed by atoms with E-state index in [1.165, 1.54) is 29.7 Å². The number of aromatic nitrogens is 4. The van der Waals surface area contributed by atoms with Gasteiger partial charge in [-0.2, -0.15) is 4.98 Å². The third kappa shape index (κ3) is 2.63. The number of halogens is 1. The summed E-state index contributed by atoms with van der Waals surface area (Å²) in [6.45, 7) is 0. The highest BCUT2D eigenvalue weighted by molar-refractivity contribution is 7.15. The second-order valence-corrected chi connectivity index (χ2v) is 5.79. The lowest BCUT2D eigenvalue weighted by atomic mass is 10.2. The van der Waals surface area contributed by atoms with Crippen LogP contribution in [0, 0.1) is 5.82 Å². The van der Waals surface area contributed by atoms with Crippen molar-refractivity contribution in [3.05, 3.63) is 65.6 Å². The molecule has 3 aromatic heterocycles. The zero-order valence-electron chi connectivity index (χ0n) is 12.2. The quantitative estimate of drug-likeness (QED) is 0.622. The molecule has 1 N–H and O–H groups in total. The highest BCUT2D eigenvalue weighted by Gasteiger charge is 2.14. The second-order valence-electron chi connectivity index (χ2n) is 4.95. The molecule has 118 valence electrons. The van der Waals surface area contributed by atoms with E-state index < -0.39 is 0 Å². The van der Waals surface area contributed by atoms with Gasteiger partial charge in [-0.1, -0.05) is 0 Å². The van der Waals surface area contributed by atoms with Crippen LogP contribution >= 0.6 is 11.3 Å². The number of hydrogen-bond donors (Lipinski definition) is 1. The second kappa shape index (κ2) is 5.82. The summed E-state index contributed by atoms with van der Waals surface area (Å²) in [6, 6.07) is 9.46. The maximum Gasteiger partial charge on any atom is 0.259 e. The normalized spacial score (nSPS) is 10.9. The van der Waals surface area contributed by atoms with Crippen molar-refractivity contribution in [1.82, 2.24) is 19.6 Å². The maximum absolute atomic E-state index is 13.1. The highest BCUT2D eigenvalue weighted by Crippen LogP contribution is 2.26. The molecule has 0 aliphatic heterocycles. The van der Waals surface area contributed by atoms with E-state index in [4.69, 9.17) is 0 Å². The van der Waals surface area contributed by atoms with Crippen LogP contribution in [0.25, 0.3) is 16.2 Å². The molecule has 4 rings (SSSR count). The SMILES string of the molecule is O=C(Nc1nc2scc(-c3ccc(F)cc3)n2n1)c1cccnc1. The number of carbonyl (C=O) groups excluding carboxylic acids is 1. The van der Waals surface area contributed by atoms with Crippen LogP contribution in [0.5, 0.6) is 0 Å². The van der Waals surface area contributed by atoms with Gasteiger partial charge in [0.1, 0.15) is 5.82 Å². The molecule has 24 heavy (non-hydrogen) atoms.